The number of rotatable bonds is 4. The van der Waals surface area contributed by atoms with E-state index in [2.05, 4.69) is 185 Å². The Hall–Kier alpha value is -6.45. The molecule has 0 atom stereocenters. The molecule has 48 heavy (non-hydrogen) atoms. The predicted molar refractivity (Wildman–Crippen MR) is 201 cm³/mol. The molecule has 224 valence electrons. The molecule has 0 fully saturated rings. The zero-order valence-corrected chi connectivity index (χ0v) is 26.1. The molecule has 3 aromatic heterocycles. The Bertz CT molecular complexity index is 2820. The maximum Gasteiger partial charge on any atom is 0.146 e. The summed E-state index contributed by atoms with van der Waals surface area (Å²) < 4.78 is 4.71. The summed E-state index contributed by atoms with van der Waals surface area (Å²) in [4.78, 5) is 5.33. The highest BCUT2D eigenvalue weighted by atomic mass is 15.1. The maximum atomic E-state index is 5.33. The summed E-state index contributed by atoms with van der Waals surface area (Å²) in [5, 5.41) is 6.06. The van der Waals surface area contributed by atoms with E-state index in [4.69, 9.17) is 4.98 Å². The van der Waals surface area contributed by atoms with Crippen LogP contribution in [0.5, 0.6) is 0 Å². The first-order chi connectivity index (χ1) is 23.8. The van der Waals surface area contributed by atoms with Gasteiger partial charge in [0.2, 0.25) is 0 Å². The molecule has 0 saturated heterocycles. The lowest BCUT2D eigenvalue weighted by Gasteiger charge is -2.15. The van der Waals surface area contributed by atoms with Crippen LogP contribution in [0.3, 0.4) is 0 Å². The molecule has 3 nitrogen and oxygen atoms in total. The monoisotopic (exact) mass is 611 g/mol. The molecule has 0 bridgehead atoms. The summed E-state index contributed by atoms with van der Waals surface area (Å²) >= 11 is 0. The molecule has 0 saturated carbocycles. The molecular weight excluding hydrogens is 583 g/mol. The molecule has 0 aliphatic heterocycles. The zero-order valence-electron chi connectivity index (χ0n) is 26.1. The molecule has 3 heterocycles. The van der Waals surface area contributed by atoms with Crippen molar-refractivity contribution in [2.75, 3.05) is 0 Å². The van der Waals surface area contributed by atoms with Crippen LogP contribution in [-0.2, 0) is 0 Å². The van der Waals surface area contributed by atoms with Crippen molar-refractivity contribution in [3.63, 3.8) is 0 Å². The minimum absolute atomic E-state index is 0.939. The van der Waals surface area contributed by atoms with Crippen LogP contribution in [0.4, 0.5) is 0 Å². The highest BCUT2D eigenvalue weighted by Crippen LogP contribution is 2.40. The number of hydrogen-bond acceptors (Lipinski definition) is 1. The Labute approximate surface area is 277 Å². The van der Waals surface area contributed by atoms with Gasteiger partial charge in [-0.15, -0.1) is 0 Å². The van der Waals surface area contributed by atoms with Gasteiger partial charge in [-0.1, -0.05) is 115 Å². The van der Waals surface area contributed by atoms with Crippen LogP contribution < -0.4 is 0 Å². The lowest BCUT2D eigenvalue weighted by molar-refractivity contribution is 1.10. The van der Waals surface area contributed by atoms with Gasteiger partial charge in [-0.25, -0.2) is 4.98 Å². The third kappa shape index (κ3) is 4.04. The minimum atomic E-state index is 0.939. The number of para-hydroxylation sites is 4. The summed E-state index contributed by atoms with van der Waals surface area (Å²) in [6.07, 6.45) is 0. The quantitative estimate of drug-likeness (QED) is 0.194. The van der Waals surface area contributed by atoms with Gasteiger partial charge in [0.15, 0.2) is 0 Å². The van der Waals surface area contributed by atoms with E-state index in [9.17, 15) is 0 Å². The molecule has 0 N–H and O–H groups in total. The molecule has 10 aromatic rings. The first-order valence-corrected chi connectivity index (χ1v) is 16.4. The van der Waals surface area contributed by atoms with Crippen molar-refractivity contribution in [2.45, 2.75) is 0 Å². The van der Waals surface area contributed by atoms with E-state index in [1.807, 2.05) is 0 Å². The lowest BCUT2D eigenvalue weighted by Crippen LogP contribution is -2.01. The Balaban J connectivity index is 1.20. The number of hydrogen-bond donors (Lipinski definition) is 0. The van der Waals surface area contributed by atoms with E-state index >= 15 is 0 Å². The fourth-order valence-electron chi connectivity index (χ4n) is 7.49. The number of aromatic nitrogens is 3. The topological polar surface area (TPSA) is 22.8 Å². The van der Waals surface area contributed by atoms with Gasteiger partial charge in [0.1, 0.15) is 5.82 Å². The van der Waals surface area contributed by atoms with Crippen LogP contribution in [0.1, 0.15) is 0 Å². The van der Waals surface area contributed by atoms with Gasteiger partial charge >= 0.3 is 0 Å². The first kappa shape index (κ1) is 26.7. The van der Waals surface area contributed by atoms with Crippen molar-refractivity contribution >= 4 is 54.5 Å². The molecule has 0 aliphatic rings. The van der Waals surface area contributed by atoms with E-state index in [1.165, 1.54) is 49.4 Å². The number of fused-ring (bicyclic) bond motifs is 7. The van der Waals surface area contributed by atoms with Gasteiger partial charge in [-0.3, -0.25) is 4.57 Å². The third-order valence-corrected chi connectivity index (χ3v) is 9.69. The fourth-order valence-corrected chi connectivity index (χ4v) is 7.49. The Morgan fingerprint density at radius 3 is 1.56 bits per heavy atom. The maximum absolute atomic E-state index is 5.33. The average molecular weight is 612 g/mol. The Kier molecular flexibility index (Phi) is 5.87. The average Bonchev–Trinajstić information content (AvgIpc) is 3.67. The molecule has 0 spiro atoms. The molecule has 7 aromatic carbocycles. The first-order valence-electron chi connectivity index (χ1n) is 16.4. The highest BCUT2D eigenvalue weighted by Gasteiger charge is 2.19. The van der Waals surface area contributed by atoms with Crippen molar-refractivity contribution in [3.05, 3.63) is 176 Å². The van der Waals surface area contributed by atoms with E-state index in [0.717, 1.165) is 38.9 Å². The molecule has 3 heteroatoms. The summed E-state index contributed by atoms with van der Waals surface area (Å²) in [5.74, 6) is 0.939. The number of nitrogens with zero attached hydrogens (tertiary/aromatic N) is 3. The van der Waals surface area contributed by atoms with Crippen molar-refractivity contribution in [3.8, 4) is 33.8 Å². The van der Waals surface area contributed by atoms with E-state index < -0.39 is 0 Å². The van der Waals surface area contributed by atoms with Crippen LogP contribution >= 0.6 is 0 Å². The molecule has 0 radical (unpaired) electrons. The van der Waals surface area contributed by atoms with Crippen molar-refractivity contribution in [2.24, 2.45) is 0 Å². The normalized spacial score (nSPS) is 11.8. The molecule has 0 aliphatic carbocycles. The smallest absolute Gasteiger partial charge is 0.146 e. The van der Waals surface area contributed by atoms with Crippen LogP contribution in [0, 0.1) is 0 Å². The van der Waals surface area contributed by atoms with E-state index in [-0.39, 0.29) is 0 Å². The second kappa shape index (κ2) is 10.5. The van der Waals surface area contributed by atoms with Gasteiger partial charge in [0.25, 0.3) is 0 Å². The zero-order chi connectivity index (χ0) is 31.6. The predicted octanol–water partition coefficient (Wildman–Crippen LogP) is 11.8. The van der Waals surface area contributed by atoms with Crippen LogP contribution in [0.15, 0.2) is 176 Å². The number of benzene rings is 7. The molecule has 0 unspecified atom stereocenters. The second-order valence-corrected chi connectivity index (χ2v) is 12.4. The van der Waals surface area contributed by atoms with Gasteiger partial charge in [0.05, 0.1) is 27.6 Å². The second-order valence-electron chi connectivity index (χ2n) is 12.4. The van der Waals surface area contributed by atoms with Gasteiger partial charge in [0, 0.05) is 38.2 Å². The van der Waals surface area contributed by atoms with Gasteiger partial charge in [-0.05, 0) is 77.4 Å². The largest absolute Gasteiger partial charge is 0.309 e. The van der Waals surface area contributed by atoms with Gasteiger partial charge < -0.3 is 4.57 Å². The molecular formula is C45H29N3. The third-order valence-electron chi connectivity index (χ3n) is 9.69. The summed E-state index contributed by atoms with van der Waals surface area (Å²) in [6.45, 7) is 0. The Morgan fingerprint density at radius 2 is 0.875 bits per heavy atom. The molecule has 0 amide bonds. The van der Waals surface area contributed by atoms with Crippen LogP contribution in [0.25, 0.3) is 88.3 Å². The van der Waals surface area contributed by atoms with Crippen molar-refractivity contribution in [1.82, 2.24) is 14.1 Å². The van der Waals surface area contributed by atoms with E-state index in [0.29, 0.717) is 0 Å². The SMILES string of the molecule is c1ccc(-c2cc3ccccc3nc2-n2c3ccccc3c3cc(-c4ccc5c(c4)c4ccccc4n5-c4ccccc4)ccc32)cc1. The van der Waals surface area contributed by atoms with Crippen molar-refractivity contribution in [1.29, 1.82) is 0 Å². The summed E-state index contributed by atoms with van der Waals surface area (Å²) in [5.41, 5.74) is 11.5. The lowest BCUT2D eigenvalue weighted by atomic mass is 10.0. The van der Waals surface area contributed by atoms with E-state index in [1.54, 1.807) is 0 Å². The highest BCUT2D eigenvalue weighted by molar-refractivity contribution is 6.13. The summed E-state index contributed by atoms with van der Waals surface area (Å²) in [6, 6.07) is 63.1. The molecule has 10 rings (SSSR count). The standard InChI is InChI=1S/C45H29N3/c1-3-13-30(14-4-1)37-29-33-15-7-10-20-40(33)46-45(37)48-42-22-12-9-19-36(42)39-28-32(24-26-44(39)48)31-23-25-43-38(27-31)35-18-8-11-21-41(35)47(43)34-16-5-2-6-17-34/h1-29H. The summed E-state index contributed by atoms with van der Waals surface area (Å²) in [7, 11) is 0. The van der Waals surface area contributed by atoms with Crippen LogP contribution in [-0.4, -0.2) is 14.1 Å². The Morgan fingerprint density at radius 1 is 0.354 bits per heavy atom. The van der Waals surface area contributed by atoms with Gasteiger partial charge in [-0.2, -0.15) is 0 Å². The minimum Gasteiger partial charge on any atom is -0.309 e. The van der Waals surface area contributed by atoms with Crippen LogP contribution in [0.2, 0.25) is 0 Å². The number of pyridine rings is 1. The fraction of sp³-hybridized carbons (Fsp3) is 0. The van der Waals surface area contributed by atoms with Crippen molar-refractivity contribution < 1.29 is 0 Å².